The van der Waals surface area contributed by atoms with Gasteiger partial charge in [-0.15, -0.1) is 0 Å². The predicted octanol–water partition coefficient (Wildman–Crippen LogP) is -2.15. The summed E-state index contributed by atoms with van der Waals surface area (Å²) in [5.74, 6) is -3.26. The lowest BCUT2D eigenvalue weighted by Gasteiger charge is -2.12. The second-order valence-corrected chi connectivity index (χ2v) is 1.84. The summed E-state index contributed by atoms with van der Waals surface area (Å²) in [5.41, 5.74) is 0. The van der Waals surface area contributed by atoms with E-state index < -0.39 is 30.9 Å². The Balaban J connectivity index is 4.02. The zero-order valence-corrected chi connectivity index (χ0v) is 5.88. The van der Waals surface area contributed by atoms with Gasteiger partial charge in [-0.3, -0.25) is 0 Å². The van der Waals surface area contributed by atoms with Gasteiger partial charge in [-0.05, 0) is 0 Å². The van der Waals surface area contributed by atoms with Gasteiger partial charge in [-0.2, -0.15) is 0 Å². The maximum Gasteiger partial charge on any atom is 0.360 e. The molecule has 2 unspecified atom stereocenters. The second-order valence-electron chi connectivity index (χ2n) is 1.84. The van der Waals surface area contributed by atoms with Crippen LogP contribution in [0, 0.1) is 0 Å². The highest BCUT2D eigenvalue weighted by molar-refractivity contribution is 5.74. The minimum absolute atomic E-state index is 0.903. The number of rotatable bonds is 5. The number of aliphatic hydroxyl groups excluding tert-OH is 2. The summed E-state index contributed by atoms with van der Waals surface area (Å²) >= 11 is 0. The fourth-order valence-corrected chi connectivity index (χ4v) is 0.393. The summed E-state index contributed by atoms with van der Waals surface area (Å²) in [6.45, 7) is -0.903. The van der Waals surface area contributed by atoms with Crippen LogP contribution in [0.25, 0.3) is 0 Å². The number of carbonyl (C=O) groups is 2. The molecule has 0 radical (unpaired) electrons. The third kappa shape index (κ3) is 3.28. The van der Waals surface area contributed by atoms with Gasteiger partial charge in [-0.1, -0.05) is 0 Å². The van der Waals surface area contributed by atoms with Gasteiger partial charge in [-0.25, -0.2) is 9.59 Å². The van der Waals surface area contributed by atoms with Crippen LogP contribution in [-0.2, 0) is 14.3 Å². The molecule has 4 N–H and O–H groups in total. The van der Waals surface area contributed by atoms with Gasteiger partial charge in [0.25, 0.3) is 6.29 Å². The summed E-state index contributed by atoms with van der Waals surface area (Å²) in [7, 11) is 0. The molecule has 7 heteroatoms. The Kier molecular flexibility index (Phi) is 4.19. The van der Waals surface area contributed by atoms with Gasteiger partial charge in [0.15, 0.2) is 6.10 Å². The van der Waals surface area contributed by atoms with Crippen LogP contribution >= 0.6 is 0 Å². The first-order chi connectivity index (χ1) is 5.49. The maximum absolute atomic E-state index is 10.1. The molecule has 0 bridgehead atoms. The monoisotopic (exact) mass is 180 g/mol. The van der Waals surface area contributed by atoms with Crippen LogP contribution in [0.1, 0.15) is 0 Å². The molecule has 0 fully saturated rings. The van der Waals surface area contributed by atoms with Crippen LogP contribution in [0.15, 0.2) is 0 Å². The molecular weight excluding hydrogens is 172 g/mol. The third-order valence-electron chi connectivity index (χ3n) is 0.946. The van der Waals surface area contributed by atoms with E-state index in [1.165, 1.54) is 0 Å². The Morgan fingerprint density at radius 3 is 2.00 bits per heavy atom. The fraction of sp³-hybridized carbons (Fsp3) is 0.600. The van der Waals surface area contributed by atoms with Crippen molar-refractivity contribution in [2.24, 2.45) is 0 Å². The molecule has 0 aromatic rings. The largest absolute Gasteiger partial charge is 0.479 e. The molecule has 0 aliphatic heterocycles. The van der Waals surface area contributed by atoms with Crippen molar-refractivity contribution in [2.75, 3.05) is 6.61 Å². The molecule has 0 amide bonds. The zero-order chi connectivity index (χ0) is 9.72. The molecule has 0 rings (SSSR count). The van der Waals surface area contributed by atoms with E-state index in [0.717, 1.165) is 0 Å². The van der Waals surface area contributed by atoms with Crippen molar-refractivity contribution in [3.63, 3.8) is 0 Å². The first-order valence-corrected chi connectivity index (χ1v) is 2.89. The number of ether oxygens (including phenoxy) is 1. The van der Waals surface area contributed by atoms with Crippen molar-refractivity contribution < 1.29 is 34.8 Å². The minimum Gasteiger partial charge on any atom is -0.479 e. The lowest BCUT2D eigenvalue weighted by atomic mass is 10.4. The first-order valence-electron chi connectivity index (χ1n) is 2.89. The molecule has 12 heavy (non-hydrogen) atoms. The van der Waals surface area contributed by atoms with Crippen LogP contribution in [0.3, 0.4) is 0 Å². The number of hydrogen-bond donors (Lipinski definition) is 4. The average Bonchev–Trinajstić information content (AvgIpc) is 1.98. The second kappa shape index (κ2) is 4.65. The van der Waals surface area contributed by atoms with E-state index in [0.29, 0.717) is 0 Å². The molecule has 0 saturated heterocycles. The van der Waals surface area contributed by atoms with Gasteiger partial charge < -0.3 is 25.2 Å². The predicted molar refractivity (Wildman–Crippen MR) is 33.2 cm³/mol. The number of aliphatic hydroxyl groups is 2. The summed E-state index contributed by atoms with van der Waals surface area (Å²) in [4.78, 5) is 20.0. The smallest absolute Gasteiger partial charge is 0.360 e. The Morgan fingerprint density at radius 1 is 1.25 bits per heavy atom. The van der Waals surface area contributed by atoms with Gasteiger partial charge in [0.05, 0.1) is 6.61 Å². The third-order valence-corrected chi connectivity index (χ3v) is 0.946. The molecule has 0 aromatic heterocycles. The van der Waals surface area contributed by atoms with E-state index in [9.17, 15) is 9.59 Å². The summed E-state index contributed by atoms with van der Waals surface area (Å²) in [5, 5.41) is 33.1. The van der Waals surface area contributed by atoms with E-state index in [2.05, 4.69) is 4.74 Å². The van der Waals surface area contributed by atoms with Crippen molar-refractivity contribution in [3.05, 3.63) is 0 Å². The van der Waals surface area contributed by atoms with Crippen molar-refractivity contribution in [3.8, 4) is 0 Å². The summed E-state index contributed by atoms with van der Waals surface area (Å²) < 4.78 is 4.03. The van der Waals surface area contributed by atoms with Gasteiger partial charge in [0.2, 0.25) is 0 Å². The molecular formula is C5H8O7. The van der Waals surface area contributed by atoms with Gasteiger partial charge in [0.1, 0.15) is 0 Å². The standard InChI is InChI=1S/C5H8O7/c6-1-2(3(7)8)12-5(11)4(9)10/h2,5-6,11H,1H2,(H,7,8)(H,9,10). The first kappa shape index (κ1) is 10.8. The molecule has 0 heterocycles. The molecule has 0 saturated carbocycles. The average molecular weight is 180 g/mol. The SMILES string of the molecule is O=C(O)C(O)OC(CO)C(=O)O. The van der Waals surface area contributed by atoms with E-state index in [4.69, 9.17) is 20.4 Å². The van der Waals surface area contributed by atoms with Crippen molar-refractivity contribution in [1.82, 2.24) is 0 Å². The molecule has 0 aromatic carbocycles. The maximum atomic E-state index is 10.1. The van der Waals surface area contributed by atoms with Crippen LogP contribution in [0.4, 0.5) is 0 Å². The van der Waals surface area contributed by atoms with E-state index in [1.807, 2.05) is 0 Å². The van der Waals surface area contributed by atoms with Gasteiger partial charge >= 0.3 is 11.9 Å². The van der Waals surface area contributed by atoms with Gasteiger partial charge in [0, 0.05) is 0 Å². The highest BCUT2D eigenvalue weighted by Gasteiger charge is 2.24. The zero-order valence-electron chi connectivity index (χ0n) is 5.88. The van der Waals surface area contributed by atoms with Crippen LogP contribution in [0.2, 0.25) is 0 Å². The fourth-order valence-electron chi connectivity index (χ4n) is 0.393. The lowest BCUT2D eigenvalue weighted by Crippen LogP contribution is -2.35. The number of carboxylic acid groups (broad SMARTS) is 2. The highest BCUT2D eigenvalue weighted by Crippen LogP contribution is 1.96. The van der Waals surface area contributed by atoms with Crippen molar-refractivity contribution >= 4 is 11.9 Å². The van der Waals surface area contributed by atoms with Crippen LogP contribution < -0.4 is 0 Å². The molecule has 7 nitrogen and oxygen atoms in total. The molecule has 0 aliphatic rings. The Bertz CT molecular complexity index is 177. The molecule has 2 atom stereocenters. The topological polar surface area (TPSA) is 124 Å². The van der Waals surface area contributed by atoms with Crippen molar-refractivity contribution in [2.45, 2.75) is 12.4 Å². The molecule has 0 aliphatic carbocycles. The Labute approximate surface area is 66.8 Å². The lowest BCUT2D eigenvalue weighted by molar-refractivity contribution is -0.197. The van der Waals surface area contributed by atoms with Crippen LogP contribution in [0.5, 0.6) is 0 Å². The van der Waals surface area contributed by atoms with Crippen molar-refractivity contribution in [1.29, 1.82) is 0 Å². The number of aliphatic carboxylic acids is 2. The van der Waals surface area contributed by atoms with Crippen LogP contribution in [-0.4, -0.2) is 51.4 Å². The van der Waals surface area contributed by atoms with E-state index >= 15 is 0 Å². The number of hydrogen-bond acceptors (Lipinski definition) is 5. The normalized spacial score (nSPS) is 15.2. The summed E-state index contributed by atoms with van der Waals surface area (Å²) in [6, 6.07) is 0. The van der Waals surface area contributed by atoms with E-state index in [-0.39, 0.29) is 0 Å². The molecule has 0 spiro atoms. The minimum atomic E-state index is -2.24. The molecule has 70 valence electrons. The highest BCUT2D eigenvalue weighted by atomic mass is 16.6. The quantitative estimate of drug-likeness (QED) is 0.355. The van der Waals surface area contributed by atoms with E-state index in [1.54, 1.807) is 0 Å². The Morgan fingerprint density at radius 2 is 1.75 bits per heavy atom. The summed E-state index contributed by atoms with van der Waals surface area (Å²) in [6.07, 6.45) is -3.96. The Hall–Kier alpha value is -1.18. The number of carboxylic acids is 2.